The predicted molar refractivity (Wildman–Crippen MR) is 222 cm³/mol. The number of rotatable bonds is 9. The molecule has 0 aliphatic heterocycles. The first kappa shape index (κ1) is 42.5. The summed E-state index contributed by atoms with van der Waals surface area (Å²) in [5.74, 6) is -1.19. The SMILES string of the molecule is CN(C(=O)[C@@]1(C)CCCC2(C)c3cc(NC(=O)CN)ccc3CCC21)C(=O)[C@@]1(C)CCCC2(C)c3cc(NC(=O)C(N)CCC(=O)OC(C)(C)C)ccc3CCC21. The minimum atomic E-state index is -0.880. The lowest BCUT2D eigenvalue weighted by Crippen LogP contribution is -2.60. The van der Waals surface area contributed by atoms with Crippen molar-refractivity contribution in [3.8, 4) is 0 Å². The fourth-order valence-electron chi connectivity index (χ4n) is 11.7. The van der Waals surface area contributed by atoms with E-state index in [0.717, 1.165) is 56.9 Å². The van der Waals surface area contributed by atoms with E-state index >= 15 is 0 Å². The van der Waals surface area contributed by atoms with Crippen LogP contribution < -0.4 is 22.1 Å². The zero-order chi connectivity index (χ0) is 41.7. The summed E-state index contributed by atoms with van der Waals surface area (Å²) in [6, 6.07) is 11.2. The number of amides is 4. The average molecular weight is 784 g/mol. The number of nitrogens with zero attached hydrogens (tertiary/aromatic N) is 1. The molecule has 2 fully saturated rings. The summed E-state index contributed by atoms with van der Waals surface area (Å²) in [6.45, 7) is 14.0. The van der Waals surface area contributed by atoms with Crippen molar-refractivity contribution in [3.05, 3.63) is 58.7 Å². The number of nitrogens with two attached hydrogens (primary N) is 2. The van der Waals surface area contributed by atoms with E-state index in [1.807, 2.05) is 18.2 Å². The second-order valence-corrected chi connectivity index (χ2v) is 19.4. The molecule has 11 nitrogen and oxygen atoms in total. The van der Waals surface area contributed by atoms with Crippen molar-refractivity contribution in [3.63, 3.8) is 0 Å². The van der Waals surface area contributed by atoms with Crippen molar-refractivity contribution in [1.29, 1.82) is 0 Å². The molecule has 2 aromatic carbocycles. The Balaban J connectivity index is 1.20. The smallest absolute Gasteiger partial charge is 0.306 e. The van der Waals surface area contributed by atoms with Gasteiger partial charge in [-0.3, -0.25) is 28.9 Å². The van der Waals surface area contributed by atoms with E-state index in [1.54, 1.807) is 27.8 Å². The van der Waals surface area contributed by atoms with Crippen molar-refractivity contribution in [2.45, 2.75) is 148 Å². The normalized spacial score (nSPS) is 29.6. The Morgan fingerprint density at radius 2 is 1.26 bits per heavy atom. The van der Waals surface area contributed by atoms with E-state index in [-0.39, 0.29) is 65.7 Å². The molecule has 0 saturated heterocycles. The Labute approximate surface area is 338 Å². The van der Waals surface area contributed by atoms with Crippen LogP contribution >= 0.6 is 0 Å². The van der Waals surface area contributed by atoms with Crippen LogP contribution in [0.4, 0.5) is 11.4 Å². The fourth-order valence-corrected chi connectivity index (χ4v) is 11.7. The highest BCUT2D eigenvalue weighted by atomic mass is 16.6. The molecule has 4 amide bonds. The largest absolute Gasteiger partial charge is 0.460 e. The number of ether oxygens (including phenoxy) is 1. The van der Waals surface area contributed by atoms with E-state index in [9.17, 15) is 24.0 Å². The first-order chi connectivity index (χ1) is 26.7. The van der Waals surface area contributed by atoms with Crippen LogP contribution in [0.1, 0.15) is 135 Å². The standard InChI is InChI=1S/C46H65N5O6/c1-42(2,3)57-38(53)20-17-34(48)39(54)50-31-16-12-29-14-19-36-44(5,33(29)26-31)22-10-24-46(36,7)41(56)51(8)40(55)45(6)23-9-21-43(4)32-25-30(49-37(52)27-47)15-11-28(32)13-18-35(43)45/h11-12,15-16,25-26,34-36H,9-10,13-14,17-24,27,47-48H2,1-8H3,(H,49,52)(H,50,54)/t34?,35?,36?,43?,44?,45-,46-/m0/s1. The van der Waals surface area contributed by atoms with Gasteiger partial charge in [0.1, 0.15) is 5.60 Å². The number of carbonyl (C=O) groups excluding carboxylic acids is 5. The molecule has 0 bridgehead atoms. The Morgan fingerprint density at radius 3 is 1.72 bits per heavy atom. The second kappa shape index (κ2) is 15.6. The monoisotopic (exact) mass is 783 g/mol. The highest BCUT2D eigenvalue weighted by molar-refractivity contribution is 6.01. The van der Waals surface area contributed by atoms with Crippen LogP contribution in [0.5, 0.6) is 0 Å². The highest BCUT2D eigenvalue weighted by Gasteiger charge is 2.60. The Bertz CT molecular complexity index is 1940. The molecule has 5 unspecified atom stereocenters. The molecule has 57 heavy (non-hydrogen) atoms. The van der Waals surface area contributed by atoms with Gasteiger partial charge in [-0.15, -0.1) is 0 Å². The lowest BCUT2D eigenvalue weighted by atomic mass is 9.48. The van der Waals surface area contributed by atoms with Crippen LogP contribution in [0.3, 0.4) is 0 Å². The first-order valence-electron chi connectivity index (χ1n) is 21.0. The molecule has 6 rings (SSSR count). The summed E-state index contributed by atoms with van der Waals surface area (Å²) in [7, 11) is 1.70. The maximum absolute atomic E-state index is 15.0. The predicted octanol–water partition coefficient (Wildman–Crippen LogP) is 6.68. The summed E-state index contributed by atoms with van der Waals surface area (Å²) in [4.78, 5) is 69.0. The minimum absolute atomic E-state index is 0.0100. The van der Waals surface area contributed by atoms with Gasteiger partial charge in [-0.2, -0.15) is 0 Å². The van der Waals surface area contributed by atoms with Gasteiger partial charge >= 0.3 is 5.97 Å². The maximum atomic E-state index is 15.0. The summed E-state index contributed by atoms with van der Waals surface area (Å²) in [5.41, 5.74) is 15.2. The van der Waals surface area contributed by atoms with Crippen molar-refractivity contribution >= 4 is 41.0 Å². The summed E-state index contributed by atoms with van der Waals surface area (Å²) >= 11 is 0. The number of hydrogen-bond acceptors (Lipinski definition) is 8. The average Bonchev–Trinajstić information content (AvgIpc) is 3.15. The topological polar surface area (TPSA) is 174 Å². The fraction of sp³-hybridized carbons (Fsp3) is 0.630. The number of aryl methyl sites for hydroxylation is 2. The van der Waals surface area contributed by atoms with Gasteiger partial charge in [0, 0.05) is 24.8 Å². The number of imide groups is 1. The number of nitrogens with one attached hydrogen (secondary N) is 2. The highest BCUT2D eigenvalue weighted by Crippen LogP contribution is 2.60. The number of carbonyl (C=O) groups is 5. The molecule has 0 aromatic heterocycles. The van der Waals surface area contributed by atoms with Crippen LogP contribution in [0.2, 0.25) is 0 Å². The van der Waals surface area contributed by atoms with Gasteiger partial charge in [0.2, 0.25) is 23.6 Å². The summed E-state index contributed by atoms with van der Waals surface area (Å²) < 4.78 is 5.37. The van der Waals surface area contributed by atoms with Crippen LogP contribution in [0.25, 0.3) is 0 Å². The molecule has 6 N–H and O–H groups in total. The van der Waals surface area contributed by atoms with Crippen LogP contribution in [-0.4, -0.2) is 59.7 Å². The molecule has 4 aliphatic rings. The molecular formula is C46H65N5O6. The summed E-state index contributed by atoms with van der Waals surface area (Å²) in [5, 5.41) is 5.89. The third kappa shape index (κ3) is 7.90. The Hall–Kier alpha value is -4.09. The van der Waals surface area contributed by atoms with Gasteiger partial charge in [0.15, 0.2) is 0 Å². The molecule has 0 spiro atoms. The van der Waals surface area contributed by atoms with Crippen LogP contribution in [0.15, 0.2) is 36.4 Å². The van der Waals surface area contributed by atoms with Crippen LogP contribution in [0, 0.1) is 22.7 Å². The van der Waals surface area contributed by atoms with Crippen molar-refractivity contribution in [2.24, 2.45) is 34.1 Å². The van der Waals surface area contributed by atoms with Gasteiger partial charge in [0.25, 0.3) is 0 Å². The van der Waals surface area contributed by atoms with Crippen LogP contribution in [-0.2, 0) is 52.4 Å². The molecule has 310 valence electrons. The maximum Gasteiger partial charge on any atom is 0.306 e. The molecule has 2 aromatic rings. The number of fused-ring (bicyclic) bond motifs is 6. The zero-order valence-corrected chi connectivity index (χ0v) is 35.4. The van der Waals surface area contributed by atoms with E-state index in [2.05, 4.69) is 56.5 Å². The van der Waals surface area contributed by atoms with Gasteiger partial charge < -0.3 is 26.8 Å². The number of esters is 1. The van der Waals surface area contributed by atoms with Crippen molar-refractivity contribution in [1.82, 2.24) is 4.90 Å². The third-order valence-electron chi connectivity index (χ3n) is 14.5. The second-order valence-electron chi connectivity index (χ2n) is 19.4. The lowest BCUT2D eigenvalue weighted by Gasteiger charge is -2.57. The zero-order valence-electron chi connectivity index (χ0n) is 35.4. The molecule has 2 saturated carbocycles. The Morgan fingerprint density at radius 1 is 0.789 bits per heavy atom. The van der Waals surface area contributed by atoms with Gasteiger partial charge in [-0.05, 0) is 148 Å². The molecule has 11 heteroatoms. The van der Waals surface area contributed by atoms with E-state index in [4.69, 9.17) is 16.2 Å². The van der Waals surface area contributed by atoms with Crippen molar-refractivity contribution < 1.29 is 28.7 Å². The third-order valence-corrected chi connectivity index (χ3v) is 14.5. The van der Waals surface area contributed by atoms with E-state index < -0.39 is 28.4 Å². The molecular weight excluding hydrogens is 719 g/mol. The molecule has 0 radical (unpaired) electrons. The number of anilines is 2. The number of benzene rings is 2. The summed E-state index contributed by atoms with van der Waals surface area (Å²) in [6.07, 6.45) is 8.45. The molecule has 0 heterocycles. The van der Waals surface area contributed by atoms with E-state index in [0.29, 0.717) is 24.2 Å². The molecule has 4 aliphatic carbocycles. The van der Waals surface area contributed by atoms with E-state index in [1.165, 1.54) is 21.6 Å². The van der Waals surface area contributed by atoms with Gasteiger partial charge in [0.05, 0.1) is 23.4 Å². The Kier molecular flexibility index (Phi) is 11.6. The van der Waals surface area contributed by atoms with Gasteiger partial charge in [-0.1, -0.05) is 52.7 Å². The molecule has 7 atom stereocenters. The van der Waals surface area contributed by atoms with Gasteiger partial charge in [-0.25, -0.2) is 0 Å². The first-order valence-corrected chi connectivity index (χ1v) is 21.0. The lowest BCUT2D eigenvalue weighted by molar-refractivity contribution is -0.165. The number of hydrogen-bond donors (Lipinski definition) is 4. The van der Waals surface area contributed by atoms with Crippen molar-refractivity contribution in [2.75, 3.05) is 24.2 Å². The minimum Gasteiger partial charge on any atom is -0.460 e. The quantitative estimate of drug-likeness (QED) is 0.161.